The van der Waals surface area contributed by atoms with Crippen LogP contribution in [0.15, 0.2) is 34.9 Å². The van der Waals surface area contributed by atoms with E-state index in [1.807, 2.05) is 13.2 Å². The summed E-state index contributed by atoms with van der Waals surface area (Å²) in [5, 5.41) is 3.57. The Morgan fingerprint density at radius 3 is 2.80 bits per heavy atom. The summed E-state index contributed by atoms with van der Waals surface area (Å²) in [6.07, 6.45) is 6.74. The molecule has 1 aromatic carbocycles. The first-order valence-corrected chi connectivity index (χ1v) is 7.65. The van der Waals surface area contributed by atoms with Crippen molar-refractivity contribution in [2.45, 2.75) is 45.6 Å². The van der Waals surface area contributed by atoms with Crippen LogP contribution in [-0.2, 0) is 19.3 Å². The second-order valence-electron chi connectivity index (χ2n) is 5.76. The molecule has 1 aromatic heterocycles. The van der Waals surface area contributed by atoms with Crippen LogP contribution in [0.25, 0.3) is 0 Å². The van der Waals surface area contributed by atoms with Gasteiger partial charge in [0.15, 0.2) is 0 Å². The van der Waals surface area contributed by atoms with Crippen molar-refractivity contribution >= 4 is 0 Å². The van der Waals surface area contributed by atoms with Gasteiger partial charge in [-0.15, -0.1) is 0 Å². The fourth-order valence-electron chi connectivity index (χ4n) is 3.19. The van der Waals surface area contributed by atoms with Gasteiger partial charge in [-0.05, 0) is 61.9 Å². The van der Waals surface area contributed by atoms with E-state index in [9.17, 15) is 0 Å². The first kappa shape index (κ1) is 13.4. The molecule has 0 amide bonds. The van der Waals surface area contributed by atoms with Crippen molar-refractivity contribution in [3.63, 3.8) is 0 Å². The van der Waals surface area contributed by atoms with Gasteiger partial charge >= 0.3 is 0 Å². The summed E-state index contributed by atoms with van der Waals surface area (Å²) < 4.78 is 5.46. The van der Waals surface area contributed by atoms with E-state index in [4.69, 9.17) is 4.42 Å². The Hall–Kier alpha value is -1.54. The Morgan fingerprint density at radius 1 is 1.20 bits per heavy atom. The molecule has 0 spiro atoms. The predicted octanol–water partition coefficient (Wildman–Crippen LogP) is 3.97. The predicted molar refractivity (Wildman–Crippen MR) is 82.0 cm³/mol. The third-order valence-corrected chi connectivity index (χ3v) is 4.21. The van der Waals surface area contributed by atoms with E-state index in [2.05, 4.69) is 36.5 Å². The quantitative estimate of drug-likeness (QED) is 0.888. The summed E-state index contributed by atoms with van der Waals surface area (Å²) in [6, 6.07) is 9.50. The molecule has 3 rings (SSSR count). The summed E-state index contributed by atoms with van der Waals surface area (Å²) in [4.78, 5) is 0. The Morgan fingerprint density at radius 2 is 2.05 bits per heavy atom. The second-order valence-corrected chi connectivity index (χ2v) is 5.76. The molecule has 1 N–H and O–H groups in total. The van der Waals surface area contributed by atoms with Crippen LogP contribution in [0.4, 0.5) is 0 Å². The maximum Gasteiger partial charge on any atom is 0.101 e. The average molecular weight is 269 g/mol. The third-order valence-electron chi connectivity index (χ3n) is 4.21. The highest BCUT2D eigenvalue weighted by Gasteiger charge is 2.16. The highest BCUT2D eigenvalue weighted by atomic mass is 16.3. The Bertz CT molecular complexity index is 585. The molecule has 2 aromatic rings. The number of aryl methyl sites for hydroxylation is 3. The molecule has 0 aliphatic heterocycles. The lowest BCUT2D eigenvalue weighted by Gasteiger charge is -2.17. The van der Waals surface area contributed by atoms with Crippen molar-refractivity contribution in [2.24, 2.45) is 0 Å². The van der Waals surface area contributed by atoms with E-state index in [0.29, 0.717) is 6.04 Å². The van der Waals surface area contributed by atoms with Gasteiger partial charge in [0.1, 0.15) is 5.76 Å². The second kappa shape index (κ2) is 5.84. The van der Waals surface area contributed by atoms with Crippen molar-refractivity contribution < 1.29 is 4.42 Å². The van der Waals surface area contributed by atoms with Crippen LogP contribution in [0.2, 0.25) is 0 Å². The minimum absolute atomic E-state index is 0.344. The SMILES string of the molecule is CCNC(Cc1ccc2c(c1)CCC2)c1coc(C)c1. The number of nitrogens with one attached hydrogen (secondary N) is 1. The fraction of sp³-hybridized carbons (Fsp3) is 0.444. The molecule has 0 bridgehead atoms. The van der Waals surface area contributed by atoms with Crippen LogP contribution in [-0.4, -0.2) is 6.54 Å². The molecule has 2 heteroatoms. The number of hydrogen-bond acceptors (Lipinski definition) is 2. The van der Waals surface area contributed by atoms with Gasteiger partial charge in [0, 0.05) is 11.6 Å². The first-order chi connectivity index (χ1) is 9.76. The summed E-state index contributed by atoms with van der Waals surface area (Å²) in [6.45, 7) is 5.13. The van der Waals surface area contributed by atoms with Crippen LogP contribution in [0.5, 0.6) is 0 Å². The lowest BCUT2D eigenvalue weighted by atomic mass is 9.98. The lowest BCUT2D eigenvalue weighted by Crippen LogP contribution is -2.22. The van der Waals surface area contributed by atoms with E-state index in [1.165, 1.54) is 30.4 Å². The molecule has 1 aliphatic carbocycles. The van der Waals surface area contributed by atoms with Crippen molar-refractivity contribution in [1.29, 1.82) is 0 Å². The van der Waals surface area contributed by atoms with E-state index in [0.717, 1.165) is 18.7 Å². The van der Waals surface area contributed by atoms with Gasteiger partial charge < -0.3 is 9.73 Å². The van der Waals surface area contributed by atoms with Gasteiger partial charge in [-0.1, -0.05) is 25.1 Å². The average Bonchev–Trinajstić information content (AvgIpc) is 3.06. The summed E-state index contributed by atoms with van der Waals surface area (Å²) >= 11 is 0. The molecule has 1 aliphatic rings. The molecule has 0 fully saturated rings. The van der Waals surface area contributed by atoms with Crippen molar-refractivity contribution in [3.05, 3.63) is 58.5 Å². The molecule has 0 radical (unpaired) electrons. The van der Waals surface area contributed by atoms with Crippen molar-refractivity contribution in [3.8, 4) is 0 Å². The van der Waals surface area contributed by atoms with Gasteiger partial charge in [-0.3, -0.25) is 0 Å². The number of hydrogen-bond donors (Lipinski definition) is 1. The van der Waals surface area contributed by atoms with Gasteiger partial charge in [0.2, 0.25) is 0 Å². The zero-order chi connectivity index (χ0) is 13.9. The number of fused-ring (bicyclic) bond motifs is 1. The number of rotatable bonds is 5. The van der Waals surface area contributed by atoms with Gasteiger partial charge in [0.25, 0.3) is 0 Å². The Kier molecular flexibility index (Phi) is 3.93. The molecule has 20 heavy (non-hydrogen) atoms. The van der Waals surface area contributed by atoms with Crippen LogP contribution >= 0.6 is 0 Å². The third kappa shape index (κ3) is 2.80. The first-order valence-electron chi connectivity index (χ1n) is 7.65. The minimum atomic E-state index is 0.344. The van der Waals surface area contributed by atoms with E-state index in [1.54, 1.807) is 11.1 Å². The monoisotopic (exact) mass is 269 g/mol. The zero-order valence-corrected chi connectivity index (χ0v) is 12.4. The van der Waals surface area contributed by atoms with Crippen LogP contribution in [0.3, 0.4) is 0 Å². The molecule has 1 atom stereocenters. The highest BCUT2D eigenvalue weighted by Crippen LogP contribution is 2.26. The standard InChI is InChI=1S/C18H23NO/c1-3-19-18(17-9-13(2)20-12-17)11-14-7-8-15-5-4-6-16(15)10-14/h7-10,12,18-19H,3-6,11H2,1-2H3. The molecule has 2 nitrogen and oxygen atoms in total. The van der Waals surface area contributed by atoms with E-state index in [-0.39, 0.29) is 0 Å². The van der Waals surface area contributed by atoms with E-state index >= 15 is 0 Å². The molecular weight excluding hydrogens is 246 g/mol. The van der Waals surface area contributed by atoms with E-state index < -0.39 is 0 Å². The molecule has 0 saturated heterocycles. The highest BCUT2D eigenvalue weighted by molar-refractivity contribution is 5.36. The normalized spacial score (nSPS) is 15.3. The van der Waals surface area contributed by atoms with Crippen molar-refractivity contribution in [1.82, 2.24) is 5.32 Å². The number of likely N-dealkylation sites (N-methyl/N-ethyl adjacent to an activating group) is 1. The van der Waals surface area contributed by atoms with Crippen LogP contribution in [0.1, 0.15) is 47.4 Å². The van der Waals surface area contributed by atoms with Crippen molar-refractivity contribution in [2.75, 3.05) is 6.54 Å². The number of furan rings is 1. The van der Waals surface area contributed by atoms with Gasteiger partial charge in [0.05, 0.1) is 6.26 Å². The van der Waals surface area contributed by atoms with Crippen LogP contribution in [0, 0.1) is 6.92 Å². The Labute approximate surface area is 121 Å². The zero-order valence-electron chi connectivity index (χ0n) is 12.4. The lowest BCUT2D eigenvalue weighted by molar-refractivity contribution is 0.511. The molecular formula is C18H23NO. The largest absolute Gasteiger partial charge is 0.469 e. The molecule has 1 unspecified atom stereocenters. The summed E-state index contributed by atoms with van der Waals surface area (Å²) in [5.74, 6) is 0.983. The molecule has 0 saturated carbocycles. The summed E-state index contributed by atoms with van der Waals surface area (Å²) in [7, 11) is 0. The maximum absolute atomic E-state index is 5.46. The number of benzene rings is 1. The Balaban J connectivity index is 1.79. The fourth-order valence-corrected chi connectivity index (χ4v) is 3.19. The van der Waals surface area contributed by atoms with Gasteiger partial charge in [-0.25, -0.2) is 0 Å². The summed E-state index contributed by atoms with van der Waals surface area (Å²) in [5.41, 5.74) is 5.79. The topological polar surface area (TPSA) is 25.2 Å². The minimum Gasteiger partial charge on any atom is -0.469 e. The van der Waals surface area contributed by atoms with Gasteiger partial charge in [-0.2, -0.15) is 0 Å². The molecule has 1 heterocycles. The maximum atomic E-state index is 5.46. The molecule has 106 valence electrons. The van der Waals surface area contributed by atoms with Crippen LogP contribution < -0.4 is 5.32 Å². The smallest absolute Gasteiger partial charge is 0.101 e.